The number of carbonyl (C=O) groups excluding carboxylic acids is 1. The summed E-state index contributed by atoms with van der Waals surface area (Å²) in [6.45, 7) is 5.61. The van der Waals surface area contributed by atoms with Gasteiger partial charge in [-0.25, -0.2) is 0 Å². The van der Waals surface area contributed by atoms with Crippen LogP contribution < -0.4 is 15.9 Å². The summed E-state index contributed by atoms with van der Waals surface area (Å²) >= 11 is 0. The summed E-state index contributed by atoms with van der Waals surface area (Å²) in [7, 11) is -0.446. The second kappa shape index (κ2) is 11.8. The third-order valence-corrected chi connectivity index (χ3v) is 6.10. The van der Waals surface area contributed by atoms with Crippen LogP contribution in [-0.2, 0) is 9.53 Å². The van der Waals surface area contributed by atoms with Crippen LogP contribution in [0, 0.1) is 0 Å². The number of carbonyl (C=O) groups is 1. The maximum Gasteiger partial charge on any atom is 0.309 e. The zero-order chi connectivity index (χ0) is 19.3. The maximum atomic E-state index is 10.3. The monoisotopic (exact) mass is 376 g/mol. The SMILES string of the molecule is C=CCC(=O)OCC.c1ccc(P(c2ccccc2)c2ccccc2)cc1. The van der Waals surface area contributed by atoms with Gasteiger partial charge in [-0.15, -0.1) is 6.58 Å². The normalized spacial score (nSPS) is 9.85. The number of hydrogen-bond donors (Lipinski definition) is 0. The Morgan fingerprint density at radius 3 is 1.48 bits per heavy atom. The molecule has 0 amide bonds. The minimum atomic E-state index is -0.446. The fraction of sp³-hybridized carbons (Fsp3) is 0.125. The first kappa shape index (κ1) is 20.6. The smallest absolute Gasteiger partial charge is 0.309 e. The highest BCUT2D eigenvalue weighted by atomic mass is 31.1. The highest BCUT2D eigenvalue weighted by molar-refractivity contribution is 7.79. The van der Waals surface area contributed by atoms with E-state index in [1.807, 2.05) is 0 Å². The fourth-order valence-corrected chi connectivity index (χ4v) is 4.82. The van der Waals surface area contributed by atoms with Gasteiger partial charge in [0.15, 0.2) is 0 Å². The molecule has 2 nitrogen and oxygen atoms in total. The van der Waals surface area contributed by atoms with Crippen molar-refractivity contribution in [3.05, 3.63) is 104 Å². The predicted octanol–water partition coefficient (Wildman–Crippen LogP) is 4.57. The molecule has 0 saturated heterocycles. The van der Waals surface area contributed by atoms with Gasteiger partial charge in [-0.1, -0.05) is 97.1 Å². The Kier molecular flexibility index (Phi) is 9.03. The molecule has 0 aliphatic heterocycles. The van der Waals surface area contributed by atoms with E-state index in [4.69, 9.17) is 0 Å². The molecule has 0 N–H and O–H groups in total. The molecule has 3 heteroatoms. The topological polar surface area (TPSA) is 26.3 Å². The summed E-state index contributed by atoms with van der Waals surface area (Å²) in [5, 5.41) is 4.19. The Bertz CT molecular complexity index is 708. The Hall–Kier alpha value is -2.70. The molecular weight excluding hydrogens is 351 g/mol. The first-order valence-electron chi connectivity index (χ1n) is 8.98. The summed E-state index contributed by atoms with van der Waals surface area (Å²) in [5.41, 5.74) is 0. The quantitative estimate of drug-likeness (QED) is 0.358. The van der Waals surface area contributed by atoms with Crippen LogP contribution >= 0.6 is 7.92 Å². The molecule has 27 heavy (non-hydrogen) atoms. The first-order valence-corrected chi connectivity index (χ1v) is 10.3. The van der Waals surface area contributed by atoms with Crippen LogP contribution in [-0.4, -0.2) is 12.6 Å². The molecule has 0 atom stereocenters. The van der Waals surface area contributed by atoms with Crippen LogP contribution in [0.25, 0.3) is 0 Å². The fourth-order valence-electron chi connectivity index (χ4n) is 2.52. The average molecular weight is 376 g/mol. The number of esters is 1. The lowest BCUT2D eigenvalue weighted by Gasteiger charge is -2.18. The van der Waals surface area contributed by atoms with Crippen molar-refractivity contribution in [3.8, 4) is 0 Å². The zero-order valence-corrected chi connectivity index (χ0v) is 16.5. The minimum Gasteiger partial charge on any atom is -0.466 e. The summed E-state index contributed by atoms with van der Waals surface area (Å²) in [4.78, 5) is 10.3. The van der Waals surface area contributed by atoms with Crippen molar-refractivity contribution in [3.63, 3.8) is 0 Å². The van der Waals surface area contributed by atoms with Crippen molar-refractivity contribution in [2.24, 2.45) is 0 Å². The van der Waals surface area contributed by atoms with E-state index in [0.717, 1.165) is 0 Å². The molecule has 3 aromatic carbocycles. The van der Waals surface area contributed by atoms with Gasteiger partial charge in [0.1, 0.15) is 0 Å². The van der Waals surface area contributed by atoms with E-state index >= 15 is 0 Å². The minimum absolute atomic E-state index is 0.206. The van der Waals surface area contributed by atoms with Crippen LogP contribution in [0.4, 0.5) is 0 Å². The highest BCUT2D eigenvalue weighted by Crippen LogP contribution is 2.32. The highest BCUT2D eigenvalue weighted by Gasteiger charge is 2.14. The van der Waals surface area contributed by atoms with Gasteiger partial charge in [-0.3, -0.25) is 4.79 Å². The third-order valence-electron chi connectivity index (χ3n) is 3.66. The largest absolute Gasteiger partial charge is 0.466 e. The van der Waals surface area contributed by atoms with Gasteiger partial charge in [0.2, 0.25) is 0 Å². The van der Waals surface area contributed by atoms with Crippen molar-refractivity contribution in [1.29, 1.82) is 0 Å². The van der Waals surface area contributed by atoms with Crippen LogP contribution in [0.3, 0.4) is 0 Å². The van der Waals surface area contributed by atoms with Crippen LogP contribution in [0.2, 0.25) is 0 Å². The van der Waals surface area contributed by atoms with E-state index in [9.17, 15) is 4.79 Å². The Morgan fingerprint density at radius 2 is 1.19 bits per heavy atom. The van der Waals surface area contributed by atoms with Gasteiger partial charge < -0.3 is 4.74 Å². The first-order chi connectivity index (χ1) is 13.3. The van der Waals surface area contributed by atoms with Crippen molar-refractivity contribution in [2.45, 2.75) is 13.3 Å². The molecule has 0 unspecified atom stereocenters. The van der Waals surface area contributed by atoms with E-state index < -0.39 is 7.92 Å². The third kappa shape index (κ3) is 6.84. The summed E-state index contributed by atoms with van der Waals surface area (Å²) in [5.74, 6) is -0.206. The molecule has 0 bridgehead atoms. The molecule has 0 heterocycles. The van der Waals surface area contributed by atoms with Crippen molar-refractivity contribution in [1.82, 2.24) is 0 Å². The van der Waals surface area contributed by atoms with Crippen LogP contribution in [0.15, 0.2) is 104 Å². The predicted molar refractivity (Wildman–Crippen MR) is 117 cm³/mol. The zero-order valence-electron chi connectivity index (χ0n) is 15.6. The second-order valence-corrected chi connectivity index (χ2v) is 7.86. The van der Waals surface area contributed by atoms with Gasteiger partial charge in [-0.2, -0.15) is 0 Å². The molecule has 0 aliphatic carbocycles. The molecule has 0 fully saturated rings. The van der Waals surface area contributed by atoms with Crippen LogP contribution in [0.5, 0.6) is 0 Å². The molecule has 0 saturated carbocycles. The van der Waals surface area contributed by atoms with E-state index in [1.165, 1.54) is 22.0 Å². The average Bonchev–Trinajstić information content (AvgIpc) is 2.72. The van der Waals surface area contributed by atoms with E-state index in [1.54, 1.807) is 6.92 Å². The van der Waals surface area contributed by atoms with Crippen LogP contribution in [0.1, 0.15) is 13.3 Å². The van der Waals surface area contributed by atoms with Crippen molar-refractivity contribution in [2.75, 3.05) is 6.61 Å². The number of ether oxygens (including phenoxy) is 1. The lowest BCUT2D eigenvalue weighted by Crippen LogP contribution is -2.20. The number of benzene rings is 3. The second-order valence-electron chi connectivity index (χ2n) is 5.64. The molecule has 0 aliphatic rings. The molecule has 138 valence electrons. The molecule has 0 aromatic heterocycles. The number of rotatable bonds is 6. The molecule has 0 spiro atoms. The molecule has 0 radical (unpaired) electrons. The van der Waals surface area contributed by atoms with Gasteiger partial charge in [0.05, 0.1) is 13.0 Å². The maximum absolute atomic E-state index is 10.3. The van der Waals surface area contributed by atoms with E-state index in [-0.39, 0.29) is 5.97 Å². The van der Waals surface area contributed by atoms with Gasteiger partial charge >= 0.3 is 5.97 Å². The van der Waals surface area contributed by atoms with E-state index in [0.29, 0.717) is 13.0 Å². The Labute approximate surface area is 163 Å². The summed E-state index contributed by atoms with van der Waals surface area (Å²) in [6, 6.07) is 32.3. The number of hydrogen-bond acceptors (Lipinski definition) is 2. The standard InChI is InChI=1S/C18H15P.C6H10O2/c1-4-10-16(11-5-1)19(17-12-6-2-7-13-17)18-14-8-3-9-15-18;1-3-5-6(7)8-4-2/h1-15H;3H,1,4-5H2,2H3. The lowest BCUT2D eigenvalue weighted by atomic mass is 10.4. The Morgan fingerprint density at radius 1 is 0.815 bits per heavy atom. The van der Waals surface area contributed by atoms with Crippen molar-refractivity contribution >= 4 is 29.8 Å². The summed E-state index contributed by atoms with van der Waals surface area (Å²) in [6.07, 6.45) is 1.84. The molecular formula is C24H25O2P. The van der Waals surface area contributed by atoms with Gasteiger partial charge in [-0.05, 0) is 30.8 Å². The molecule has 3 rings (SSSR count). The Balaban J connectivity index is 0.000000279. The molecule has 3 aromatic rings. The lowest BCUT2D eigenvalue weighted by molar-refractivity contribution is -0.142. The summed E-state index contributed by atoms with van der Waals surface area (Å²) < 4.78 is 4.57. The van der Waals surface area contributed by atoms with Gasteiger partial charge in [0, 0.05) is 0 Å². The van der Waals surface area contributed by atoms with Crippen molar-refractivity contribution < 1.29 is 9.53 Å². The van der Waals surface area contributed by atoms with E-state index in [2.05, 4.69) is 102 Å². The van der Waals surface area contributed by atoms with Gasteiger partial charge in [0.25, 0.3) is 0 Å².